The van der Waals surface area contributed by atoms with Gasteiger partial charge in [0.05, 0.1) is 30.5 Å². The fourth-order valence-electron chi connectivity index (χ4n) is 11.1. The van der Waals surface area contributed by atoms with Crippen LogP contribution in [0.5, 0.6) is 0 Å². The predicted octanol–water partition coefficient (Wildman–Crippen LogP) is 1.01. The first-order valence-electron chi connectivity index (χ1n) is 12.3. The highest BCUT2D eigenvalue weighted by Gasteiger charge is 2.93. The highest BCUT2D eigenvalue weighted by Crippen LogP contribution is 2.82. The lowest BCUT2D eigenvalue weighted by molar-refractivity contribution is -0.278. The van der Waals surface area contributed by atoms with Gasteiger partial charge in [0.1, 0.15) is 18.0 Å². The molecule has 0 amide bonds. The van der Waals surface area contributed by atoms with E-state index in [2.05, 4.69) is 18.7 Å². The predicted molar refractivity (Wildman–Crippen MR) is 110 cm³/mol. The van der Waals surface area contributed by atoms with Gasteiger partial charge in [-0.2, -0.15) is 0 Å². The van der Waals surface area contributed by atoms with E-state index in [1.807, 2.05) is 7.11 Å². The fraction of sp³-hybridized carbons (Fsp3) is 1.00. The number of aliphatic hydroxyl groups excluding tert-OH is 2. The number of piperidine rings is 1. The van der Waals surface area contributed by atoms with Crippen LogP contribution in [0.15, 0.2) is 0 Å². The number of likely N-dealkylation sites (N-methyl/N-ethyl adjacent to an activating group) is 1. The molecular weight excluding hydrogens is 398 g/mol. The van der Waals surface area contributed by atoms with Crippen LogP contribution in [0.25, 0.3) is 0 Å². The Morgan fingerprint density at radius 2 is 1.97 bits per heavy atom. The van der Waals surface area contributed by atoms with Crippen LogP contribution in [0.1, 0.15) is 39.5 Å². The minimum absolute atomic E-state index is 0.0358. The summed E-state index contributed by atoms with van der Waals surface area (Å²) in [5, 5.41) is 23.6. The van der Waals surface area contributed by atoms with Crippen molar-refractivity contribution in [3.8, 4) is 0 Å². The first-order chi connectivity index (χ1) is 14.9. The monoisotopic (exact) mass is 435 g/mol. The molecule has 0 radical (unpaired) electrons. The van der Waals surface area contributed by atoms with Gasteiger partial charge in [-0.3, -0.25) is 4.90 Å². The van der Waals surface area contributed by atoms with Crippen molar-refractivity contribution in [3.05, 3.63) is 0 Å². The number of hydrogen-bond acceptors (Lipinski definition) is 7. The number of nitrogens with zero attached hydrogens (tertiary/aromatic N) is 1. The molecule has 5 saturated carbocycles. The van der Waals surface area contributed by atoms with Gasteiger partial charge in [-0.25, -0.2) is 0 Å². The van der Waals surface area contributed by atoms with E-state index in [0.29, 0.717) is 0 Å². The molecular formula is C24H37NO6. The van der Waals surface area contributed by atoms with Crippen LogP contribution in [0, 0.1) is 34.5 Å². The second kappa shape index (κ2) is 5.85. The number of rotatable bonds is 3. The summed E-state index contributed by atoms with van der Waals surface area (Å²) < 4.78 is 25.9. The van der Waals surface area contributed by atoms with Gasteiger partial charge in [0.15, 0.2) is 0 Å². The van der Waals surface area contributed by atoms with Crippen LogP contribution in [0.2, 0.25) is 0 Å². The summed E-state index contributed by atoms with van der Waals surface area (Å²) in [4.78, 5) is 2.59. The third kappa shape index (κ3) is 1.74. The maximum atomic E-state index is 11.9. The van der Waals surface area contributed by atoms with E-state index >= 15 is 0 Å². The van der Waals surface area contributed by atoms with Crippen LogP contribution in [-0.2, 0) is 18.9 Å². The van der Waals surface area contributed by atoms with Gasteiger partial charge in [-0.1, -0.05) is 13.8 Å². The molecule has 7 nitrogen and oxygen atoms in total. The standard InChI is InChI=1S/C24H37NO6/c1-5-25-10-21(2)7-6-15(26)23-13-8-12-14(28-3)9-22(16(13)17(12)27)24(20(23)25,31-11-30-22)19(29-4)18(21)23/h12-20,26-27H,5-11H2,1-4H3/t12-,13?,14+,15+,16?,17+,18-,19+,20?,21+,22-,23+,24-/m1/s1. The quantitative estimate of drug-likeness (QED) is 0.685. The van der Waals surface area contributed by atoms with Gasteiger partial charge in [-0.05, 0) is 37.1 Å². The van der Waals surface area contributed by atoms with Crippen LogP contribution in [0.4, 0.5) is 0 Å². The average Bonchev–Trinajstić information content (AvgIpc) is 3.31. The molecule has 7 rings (SSSR count). The molecule has 2 aliphatic heterocycles. The second-order valence-corrected chi connectivity index (χ2v) is 11.9. The molecule has 0 aromatic carbocycles. The van der Waals surface area contributed by atoms with Crippen LogP contribution < -0.4 is 0 Å². The van der Waals surface area contributed by atoms with Gasteiger partial charge in [-0.15, -0.1) is 0 Å². The third-order valence-corrected chi connectivity index (χ3v) is 11.6. The molecule has 3 spiro atoms. The Morgan fingerprint density at radius 3 is 2.68 bits per heavy atom. The normalized spacial score (nSPS) is 65.8. The van der Waals surface area contributed by atoms with Crippen LogP contribution in [-0.4, -0.2) is 90.9 Å². The first kappa shape index (κ1) is 20.1. The number of likely N-dealkylation sites (tertiary alicyclic amines) is 1. The molecule has 31 heavy (non-hydrogen) atoms. The summed E-state index contributed by atoms with van der Waals surface area (Å²) in [6.45, 7) is 6.78. The van der Waals surface area contributed by atoms with Gasteiger partial charge in [0.25, 0.3) is 0 Å². The zero-order valence-corrected chi connectivity index (χ0v) is 19.1. The summed E-state index contributed by atoms with van der Waals surface area (Å²) in [6.07, 6.45) is 2.30. The number of hydrogen-bond donors (Lipinski definition) is 2. The molecule has 2 N–H and O–H groups in total. The zero-order chi connectivity index (χ0) is 21.6. The summed E-state index contributed by atoms with van der Waals surface area (Å²) in [5.41, 5.74) is -1.63. The van der Waals surface area contributed by atoms with E-state index in [0.717, 1.165) is 38.8 Å². The topological polar surface area (TPSA) is 80.6 Å². The van der Waals surface area contributed by atoms with Crippen molar-refractivity contribution in [1.82, 2.24) is 4.90 Å². The smallest absolute Gasteiger partial charge is 0.148 e. The number of ether oxygens (including phenoxy) is 4. The maximum Gasteiger partial charge on any atom is 0.148 e. The zero-order valence-electron chi connectivity index (χ0n) is 19.1. The van der Waals surface area contributed by atoms with E-state index in [-0.39, 0.29) is 59.5 Å². The van der Waals surface area contributed by atoms with Gasteiger partial charge < -0.3 is 29.2 Å². The lowest BCUT2D eigenvalue weighted by Crippen LogP contribution is -2.80. The van der Waals surface area contributed by atoms with Gasteiger partial charge >= 0.3 is 0 Å². The summed E-state index contributed by atoms with van der Waals surface area (Å²) in [6, 6.07) is 0.0358. The molecule has 0 aromatic heterocycles. The molecule has 3 unspecified atom stereocenters. The molecule has 7 fully saturated rings. The molecule has 7 heteroatoms. The van der Waals surface area contributed by atoms with Crippen molar-refractivity contribution in [1.29, 1.82) is 0 Å². The van der Waals surface area contributed by atoms with Crippen molar-refractivity contribution < 1.29 is 29.2 Å². The minimum atomic E-state index is -0.695. The van der Waals surface area contributed by atoms with Crippen LogP contribution in [0.3, 0.4) is 0 Å². The van der Waals surface area contributed by atoms with E-state index < -0.39 is 23.4 Å². The average molecular weight is 436 g/mol. The Balaban J connectivity index is 1.57. The first-order valence-corrected chi connectivity index (χ1v) is 12.3. The fourth-order valence-corrected chi connectivity index (χ4v) is 11.1. The van der Waals surface area contributed by atoms with E-state index in [4.69, 9.17) is 18.9 Å². The Hall–Kier alpha value is -0.280. The van der Waals surface area contributed by atoms with Crippen molar-refractivity contribution in [3.63, 3.8) is 0 Å². The Kier molecular flexibility index (Phi) is 3.80. The van der Waals surface area contributed by atoms with Gasteiger partial charge in [0, 0.05) is 50.4 Å². The second-order valence-electron chi connectivity index (χ2n) is 11.9. The lowest BCUT2D eigenvalue weighted by Gasteiger charge is -2.69. The summed E-state index contributed by atoms with van der Waals surface area (Å²) in [5.74, 6) is 0.432. The Morgan fingerprint density at radius 1 is 1.16 bits per heavy atom. The Bertz CT molecular complexity index is 811. The maximum absolute atomic E-state index is 11.9. The molecule has 7 aliphatic rings. The van der Waals surface area contributed by atoms with Crippen molar-refractivity contribution in [2.24, 2.45) is 34.5 Å². The molecule has 0 aromatic rings. The molecule has 13 atom stereocenters. The number of fused-ring (bicyclic) bond motifs is 1. The SMILES string of the molecule is CCN1C[C@]2(C)CC[C@H](O)[C@]34C5C[C@@H]6[C@@H](OC)C[C@@]7(OCO[C@@]7(C13)[C@@H](OC)[C@H]24)C5[C@H]6O. The third-order valence-electron chi connectivity index (χ3n) is 11.6. The van der Waals surface area contributed by atoms with Crippen molar-refractivity contribution >= 4 is 0 Å². The Labute approximate surface area is 184 Å². The molecule has 2 heterocycles. The van der Waals surface area contributed by atoms with Crippen molar-refractivity contribution in [2.45, 2.75) is 81.2 Å². The van der Waals surface area contributed by atoms with Crippen LogP contribution >= 0.6 is 0 Å². The lowest BCUT2D eigenvalue weighted by atomic mass is 9.43. The highest BCUT2D eigenvalue weighted by atomic mass is 16.7. The van der Waals surface area contributed by atoms with Crippen molar-refractivity contribution in [2.75, 3.05) is 34.1 Å². The minimum Gasteiger partial charge on any atom is -0.392 e. The van der Waals surface area contributed by atoms with E-state index in [1.165, 1.54) is 0 Å². The molecule has 5 aliphatic carbocycles. The van der Waals surface area contributed by atoms with Gasteiger partial charge in [0.2, 0.25) is 0 Å². The largest absolute Gasteiger partial charge is 0.392 e. The summed E-state index contributed by atoms with van der Waals surface area (Å²) >= 11 is 0. The molecule has 7 bridgehead atoms. The highest BCUT2D eigenvalue weighted by molar-refractivity contribution is 5.42. The van der Waals surface area contributed by atoms with E-state index in [1.54, 1.807) is 7.11 Å². The number of methoxy groups -OCH3 is 2. The van der Waals surface area contributed by atoms with E-state index in [9.17, 15) is 10.2 Å². The summed E-state index contributed by atoms with van der Waals surface area (Å²) in [7, 11) is 3.57. The molecule has 2 saturated heterocycles. The number of aliphatic hydroxyl groups is 2. The molecule has 174 valence electrons.